The minimum Gasteiger partial charge on any atom is -0.456 e. The first kappa shape index (κ1) is 29.0. The SMILES string of the molecule is Cc1cc(F)ccc1Oc1cc(C2CC2)c(C(F)(F)F)cc1C(=O)Nc1ccc(F)c(C(N)C(=O)NCCO)c1. The second-order valence-electron chi connectivity index (χ2n) is 9.40. The third-order valence-corrected chi connectivity index (χ3v) is 6.36. The summed E-state index contributed by atoms with van der Waals surface area (Å²) in [4.78, 5) is 25.5. The Morgan fingerprint density at radius 1 is 1.07 bits per heavy atom. The molecule has 0 aliphatic heterocycles. The number of anilines is 1. The number of halogens is 5. The molecule has 4 rings (SSSR count). The topological polar surface area (TPSA) is 114 Å². The second kappa shape index (κ2) is 11.6. The van der Waals surface area contributed by atoms with Gasteiger partial charge in [-0.1, -0.05) is 0 Å². The van der Waals surface area contributed by atoms with Crippen LogP contribution in [0.25, 0.3) is 0 Å². The average Bonchev–Trinajstić information content (AvgIpc) is 3.74. The largest absolute Gasteiger partial charge is 0.456 e. The van der Waals surface area contributed by atoms with E-state index in [1.165, 1.54) is 18.2 Å². The van der Waals surface area contributed by atoms with Gasteiger partial charge in [-0.15, -0.1) is 0 Å². The van der Waals surface area contributed by atoms with E-state index in [0.29, 0.717) is 24.5 Å². The van der Waals surface area contributed by atoms with Gasteiger partial charge in [-0.25, -0.2) is 8.78 Å². The predicted octanol–water partition coefficient (Wildman–Crippen LogP) is 5.32. The van der Waals surface area contributed by atoms with E-state index in [1.807, 2.05) is 0 Å². The zero-order valence-electron chi connectivity index (χ0n) is 21.2. The number of carbonyl (C=O) groups is 2. The molecule has 3 aromatic rings. The molecule has 2 amide bonds. The van der Waals surface area contributed by atoms with E-state index in [1.54, 1.807) is 6.92 Å². The number of ether oxygens (including phenoxy) is 1. The molecule has 5 N–H and O–H groups in total. The molecule has 3 aromatic carbocycles. The van der Waals surface area contributed by atoms with Gasteiger partial charge < -0.3 is 26.2 Å². The maximum Gasteiger partial charge on any atom is 0.416 e. The van der Waals surface area contributed by atoms with Gasteiger partial charge in [0.05, 0.1) is 17.7 Å². The van der Waals surface area contributed by atoms with Crippen molar-refractivity contribution in [2.45, 2.75) is 37.9 Å². The van der Waals surface area contributed by atoms with Crippen molar-refractivity contribution in [2.24, 2.45) is 5.73 Å². The quantitative estimate of drug-likeness (QED) is 0.263. The van der Waals surface area contributed by atoms with Crippen molar-refractivity contribution >= 4 is 17.5 Å². The summed E-state index contributed by atoms with van der Waals surface area (Å²) in [6.45, 7) is 1.07. The fourth-order valence-corrected chi connectivity index (χ4v) is 4.17. The Kier molecular flexibility index (Phi) is 8.40. The molecule has 0 saturated heterocycles. The highest BCUT2D eigenvalue weighted by Crippen LogP contribution is 2.48. The summed E-state index contributed by atoms with van der Waals surface area (Å²) in [6, 6.07) is 7.18. The van der Waals surface area contributed by atoms with Gasteiger partial charge in [0.25, 0.3) is 5.91 Å². The van der Waals surface area contributed by atoms with Gasteiger partial charge in [0, 0.05) is 17.8 Å². The van der Waals surface area contributed by atoms with Crippen molar-refractivity contribution in [3.63, 3.8) is 0 Å². The summed E-state index contributed by atoms with van der Waals surface area (Å²) in [5, 5.41) is 13.6. The Hall–Kier alpha value is -4.03. The van der Waals surface area contributed by atoms with Crippen molar-refractivity contribution in [3.8, 4) is 11.5 Å². The molecule has 12 heteroatoms. The number of aliphatic hydroxyl groups is 1. The summed E-state index contributed by atoms with van der Waals surface area (Å²) in [6.07, 6.45) is -3.66. The van der Waals surface area contributed by atoms with Gasteiger partial charge in [-0.05, 0) is 85.3 Å². The molecule has 0 aromatic heterocycles. The average molecular weight is 564 g/mol. The Labute approximate surface area is 226 Å². The number of carbonyl (C=O) groups excluding carboxylic acids is 2. The molecule has 0 heterocycles. The molecule has 40 heavy (non-hydrogen) atoms. The summed E-state index contributed by atoms with van der Waals surface area (Å²) in [7, 11) is 0. The molecule has 0 spiro atoms. The van der Waals surface area contributed by atoms with Crippen molar-refractivity contribution in [3.05, 3.63) is 88.0 Å². The van der Waals surface area contributed by atoms with Gasteiger partial charge in [-0.3, -0.25) is 9.59 Å². The van der Waals surface area contributed by atoms with Crippen LogP contribution in [0.1, 0.15) is 57.4 Å². The van der Waals surface area contributed by atoms with Gasteiger partial charge in [0.2, 0.25) is 5.91 Å². The third-order valence-electron chi connectivity index (χ3n) is 6.36. The highest BCUT2D eigenvalue weighted by atomic mass is 19.4. The lowest BCUT2D eigenvalue weighted by Crippen LogP contribution is -2.36. The van der Waals surface area contributed by atoms with E-state index in [-0.39, 0.29) is 47.4 Å². The summed E-state index contributed by atoms with van der Waals surface area (Å²) >= 11 is 0. The lowest BCUT2D eigenvalue weighted by atomic mass is 9.98. The van der Waals surface area contributed by atoms with Crippen LogP contribution in [0.3, 0.4) is 0 Å². The fraction of sp³-hybridized carbons (Fsp3) is 0.286. The van der Waals surface area contributed by atoms with Crippen molar-refractivity contribution in [2.75, 3.05) is 18.5 Å². The van der Waals surface area contributed by atoms with Crippen LogP contribution in [0.5, 0.6) is 11.5 Å². The number of alkyl halides is 3. The lowest BCUT2D eigenvalue weighted by molar-refractivity contribution is -0.138. The molecular weight excluding hydrogens is 537 g/mol. The number of hydrogen-bond donors (Lipinski definition) is 4. The molecule has 1 saturated carbocycles. The van der Waals surface area contributed by atoms with Crippen LogP contribution in [-0.4, -0.2) is 30.1 Å². The number of benzene rings is 3. The summed E-state index contributed by atoms with van der Waals surface area (Å²) in [5.41, 5.74) is 4.40. The fourth-order valence-electron chi connectivity index (χ4n) is 4.17. The van der Waals surface area contributed by atoms with E-state index in [2.05, 4.69) is 10.6 Å². The summed E-state index contributed by atoms with van der Waals surface area (Å²) in [5.74, 6) is -3.56. The molecule has 0 radical (unpaired) electrons. The van der Waals surface area contributed by atoms with Gasteiger partial charge >= 0.3 is 6.18 Å². The number of aliphatic hydroxyl groups excluding tert-OH is 1. The Morgan fingerprint density at radius 3 is 2.42 bits per heavy atom. The molecule has 212 valence electrons. The maximum atomic E-state index is 14.5. The number of nitrogens with one attached hydrogen (secondary N) is 2. The number of aryl methyl sites for hydroxylation is 1. The summed E-state index contributed by atoms with van der Waals surface area (Å²) < 4.78 is 75.9. The standard InChI is InChI=1S/C28H26F5N3O4/c1-14-10-16(29)4-7-23(14)40-24-13-18(15-2-3-15)21(28(31,32)33)12-20(24)26(38)36-17-5-6-22(30)19(11-17)25(34)27(39)35-8-9-37/h4-7,10-13,15,25,37H,2-3,8-9,34H2,1H3,(H,35,39)(H,36,38). The Bertz CT molecular complexity index is 1440. The minimum absolute atomic E-state index is 0.0113. The Morgan fingerprint density at radius 2 is 1.80 bits per heavy atom. The number of hydrogen-bond acceptors (Lipinski definition) is 5. The van der Waals surface area contributed by atoms with Crippen molar-refractivity contribution in [1.29, 1.82) is 0 Å². The van der Waals surface area contributed by atoms with Crippen LogP contribution in [0, 0.1) is 18.6 Å². The van der Waals surface area contributed by atoms with Crippen LogP contribution in [0.4, 0.5) is 27.6 Å². The number of nitrogens with two attached hydrogens (primary N) is 1. The van der Waals surface area contributed by atoms with E-state index in [4.69, 9.17) is 15.6 Å². The second-order valence-corrected chi connectivity index (χ2v) is 9.40. The third kappa shape index (κ3) is 6.57. The minimum atomic E-state index is -4.75. The van der Waals surface area contributed by atoms with E-state index < -0.39 is 46.8 Å². The predicted molar refractivity (Wildman–Crippen MR) is 136 cm³/mol. The Balaban J connectivity index is 1.72. The van der Waals surface area contributed by atoms with Gasteiger partial charge in [0.1, 0.15) is 29.2 Å². The molecule has 1 unspecified atom stereocenters. The molecule has 0 bridgehead atoms. The first-order chi connectivity index (χ1) is 18.9. The number of amides is 2. The first-order valence-electron chi connectivity index (χ1n) is 12.3. The zero-order valence-corrected chi connectivity index (χ0v) is 21.2. The van der Waals surface area contributed by atoms with E-state index in [9.17, 15) is 31.5 Å². The van der Waals surface area contributed by atoms with Gasteiger partial charge in [0.15, 0.2) is 0 Å². The zero-order chi connectivity index (χ0) is 29.2. The lowest BCUT2D eigenvalue weighted by Gasteiger charge is -2.19. The normalized spacial score (nSPS) is 14.0. The van der Waals surface area contributed by atoms with Gasteiger partial charge in [-0.2, -0.15) is 13.2 Å². The smallest absolute Gasteiger partial charge is 0.416 e. The van der Waals surface area contributed by atoms with Crippen LogP contribution >= 0.6 is 0 Å². The molecule has 1 aliphatic rings. The molecule has 1 fully saturated rings. The van der Waals surface area contributed by atoms with E-state index >= 15 is 0 Å². The highest BCUT2D eigenvalue weighted by molar-refractivity contribution is 6.06. The monoisotopic (exact) mass is 563 g/mol. The van der Waals surface area contributed by atoms with Crippen molar-refractivity contribution < 1.29 is 41.4 Å². The molecule has 1 atom stereocenters. The molecule has 1 aliphatic carbocycles. The van der Waals surface area contributed by atoms with Crippen molar-refractivity contribution in [1.82, 2.24) is 5.32 Å². The van der Waals surface area contributed by atoms with Crippen LogP contribution < -0.4 is 21.1 Å². The maximum absolute atomic E-state index is 14.5. The first-order valence-corrected chi connectivity index (χ1v) is 12.3. The number of rotatable bonds is 9. The van der Waals surface area contributed by atoms with Crippen LogP contribution in [0.2, 0.25) is 0 Å². The molecular formula is C28H26F5N3O4. The van der Waals surface area contributed by atoms with E-state index in [0.717, 1.165) is 24.3 Å². The van der Waals surface area contributed by atoms with Crippen LogP contribution in [-0.2, 0) is 11.0 Å². The molecule has 7 nitrogen and oxygen atoms in total. The highest BCUT2D eigenvalue weighted by Gasteiger charge is 2.40. The van der Waals surface area contributed by atoms with Crippen LogP contribution in [0.15, 0.2) is 48.5 Å².